The molecule has 1 heterocycles. The fourth-order valence-electron chi connectivity index (χ4n) is 1.42. The van der Waals surface area contributed by atoms with Gasteiger partial charge in [0.1, 0.15) is 12.1 Å². The van der Waals surface area contributed by atoms with Gasteiger partial charge in [-0.3, -0.25) is 4.79 Å². The van der Waals surface area contributed by atoms with E-state index in [2.05, 4.69) is 0 Å². The van der Waals surface area contributed by atoms with Gasteiger partial charge in [-0.25, -0.2) is 4.39 Å². The summed E-state index contributed by atoms with van der Waals surface area (Å²) in [5.74, 6) is -0.947. The Morgan fingerprint density at radius 1 is 1.50 bits per heavy atom. The molecule has 0 saturated carbocycles. The zero-order valence-electron chi connectivity index (χ0n) is 7.20. The summed E-state index contributed by atoms with van der Waals surface area (Å²) in [7, 11) is 0. The van der Waals surface area contributed by atoms with E-state index in [9.17, 15) is 14.0 Å². The van der Waals surface area contributed by atoms with Crippen molar-refractivity contribution in [1.82, 2.24) is 0 Å². The van der Waals surface area contributed by atoms with E-state index in [1.54, 1.807) is 6.07 Å². The monoisotopic (exact) mass is 210 g/mol. The minimum absolute atomic E-state index is 0.154. The maximum Gasteiger partial charge on any atom is 0.204 e. The van der Waals surface area contributed by atoms with Crippen LogP contribution in [0.15, 0.2) is 23.1 Å². The Morgan fingerprint density at radius 2 is 2.29 bits per heavy atom. The summed E-state index contributed by atoms with van der Waals surface area (Å²) < 4.78 is 12.8. The van der Waals surface area contributed by atoms with Crippen LogP contribution in [-0.2, 0) is 16.0 Å². The number of aldehydes is 1. The smallest absolute Gasteiger partial charge is 0.204 e. The van der Waals surface area contributed by atoms with Crippen molar-refractivity contribution in [2.24, 2.45) is 5.92 Å². The molecule has 1 aliphatic rings. The van der Waals surface area contributed by atoms with E-state index in [0.717, 1.165) is 22.2 Å². The summed E-state index contributed by atoms with van der Waals surface area (Å²) >= 11 is 1.02. The van der Waals surface area contributed by atoms with Gasteiger partial charge in [0.25, 0.3) is 0 Å². The Labute approximate surface area is 84.5 Å². The first-order chi connectivity index (χ1) is 6.70. The molecule has 0 bridgehead atoms. The van der Waals surface area contributed by atoms with Crippen LogP contribution in [0.4, 0.5) is 4.39 Å². The summed E-state index contributed by atoms with van der Waals surface area (Å²) in [5, 5.41) is -0.154. The number of rotatable bonds is 1. The first-order valence-electron chi connectivity index (χ1n) is 4.16. The van der Waals surface area contributed by atoms with E-state index in [4.69, 9.17) is 0 Å². The number of fused-ring (bicyclic) bond motifs is 1. The lowest BCUT2D eigenvalue weighted by Gasteiger charge is -2.18. The Hall–Kier alpha value is -1.16. The zero-order valence-corrected chi connectivity index (χ0v) is 8.01. The van der Waals surface area contributed by atoms with Gasteiger partial charge in [0.05, 0.1) is 5.92 Å². The molecule has 72 valence electrons. The van der Waals surface area contributed by atoms with Gasteiger partial charge in [-0.15, -0.1) is 0 Å². The third-order valence-corrected chi connectivity index (χ3v) is 3.26. The molecule has 4 heteroatoms. The highest BCUT2D eigenvalue weighted by atomic mass is 32.2. The van der Waals surface area contributed by atoms with Crippen molar-refractivity contribution >= 4 is 23.2 Å². The molecule has 0 spiro atoms. The predicted molar refractivity (Wildman–Crippen MR) is 50.5 cm³/mol. The molecule has 1 atom stereocenters. The van der Waals surface area contributed by atoms with Gasteiger partial charge in [0.15, 0.2) is 0 Å². The van der Waals surface area contributed by atoms with E-state index >= 15 is 0 Å². The quantitative estimate of drug-likeness (QED) is 0.523. The van der Waals surface area contributed by atoms with Crippen LogP contribution in [0.25, 0.3) is 0 Å². The van der Waals surface area contributed by atoms with Crippen LogP contribution in [0.1, 0.15) is 5.56 Å². The number of hydrogen-bond acceptors (Lipinski definition) is 3. The normalized spacial score (nSPS) is 20.4. The van der Waals surface area contributed by atoms with Crippen molar-refractivity contribution in [1.29, 1.82) is 0 Å². The minimum Gasteiger partial charge on any atom is -0.303 e. The maximum absolute atomic E-state index is 12.8. The number of benzene rings is 1. The third kappa shape index (κ3) is 1.57. The molecular formula is C10H7FO2S. The predicted octanol–water partition coefficient (Wildman–Crippen LogP) is 1.82. The molecule has 0 amide bonds. The van der Waals surface area contributed by atoms with Crippen LogP contribution >= 0.6 is 11.8 Å². The number of carbonyl (C=O) groups is 2. The zero-order chi connectivity index (χ0) is 10.1. The highest BCUT2D eigenvalue weighted by Crippen LogP contribution is 2.33. The molecule has 2 nitrogen and oxygen atoms in total. The fraction of sp³-hybridized carbons (Fsp3) is 0.200. The average molecular weight is 210 g/mol. The lowest BCUT2D eigenvalue weighted by Crippen LogP contribution is -2.20. The van der Waals surface area contributed by atoms with Gasteiger partial charge in [0, 0.05) is 4.90 Å². The number of hydrogen-bond donors (Lipinski definition) is 0. The number of thioether (sulfide) groups is 1. The maximum atomic E-state index is 12.8. The second-order valence-corrected chi connectivity index (χ2v) is 4.17. The number of carbonyl (C=O) groups excluding carboxylic acids is 2. The van der Waals surface area contributed by atoms with Crippen molar-refractivity contribution in [2.75, 3.05) is 0 Å². The van der Waals surface area contributed by atoms with E-state index in [0.29, 0.717) is 12.7 Å². The van der Waals surface area contributed by atoms with Crippen molar-refractivity contribution in [2.45, 2.75) is 11.3 Å². The molecule has 0 aromatic heterocycles. The molecule has 14 heavy (non-hydrogen) atoms. The van der Waals surface area contributed by atoms with E-state index < -0.39 is 5.92 Å². The van der Waals surface area contributed by atoms with Gasteiger partial charge in [0.2, 0.25) is 5.12 Å². The molecule has 0 N–H and O–H groups in total. The van der Waals surface area contributed by atoms with Crippen LogP contribution in [0.5, 0.6) is 0 Å². The Morgan fingerprint density at radius 3 is 3.00 bits per heavy atom. The summed E-state index contributed by atoms with van der Waals surface area (Å²) in [5.41, 5.74) is 0.742. The van der Waals surface area contributed by atoms with Gasteiger partial charge in [-0.05, 0) is 30.2 Å². The highest BCUT2D eigenvalue weighted by molar-refractivity contribution is 8.13. The fourth-order valence-corrected chi connectivity index (χ4v) is 2.33. The topological polar surface area (TPSA) is 34.1 Å². The Bertz CT molecular complexity index is 403. The summed E-state index contributed by atoms with van der Waals surface area (Å²) in [6.45, 7) is 0. The van der Waals surface area contributed by atoms with Crippen molar-refractivity contribution in [3.63, 3.8) is 0 Å². The van der Waals surface area contributed by atoms with Crippen LogP contribution in [0.2, 0.25) is 0 Å². The van der Waals surface area contributed by atoms with Crippen molar-refractivity contribution in [3.05, 3.63) is 29.6 Å². The molecule has 2 rings (SSSR count). The molecule has 1 unspecified atom stereocenters. The molecule has 0 radical (unpaired) electrons. The van der Waals surface area contributed by atoms with Crippen molar-refractivity contribution < 1.29 is 14.0 Å². The van der Waals surface area contributed by atoms with Crippen molar-refractivity contribution in [3.8, 4) is 0 Å². The van der Waals surface area contributed by atoms with Crippen LogP contribution in [0, 0.1) is 11.7 Å². The van der Waals surface area contributed by atoms with E-state index in [-0.39, 0.29) is 10.9 Å². The lowest BCUT2D eigenvalue weighted by atomic mass is 10.0. The van der Waals surface area contributed by atoms with Gasteiger partial charge < -0.3 is 4.79 Å². The van der Waals surface area contributed by atoms with E-state index in [1.165, 1.54) is 12.1 Å². The minimum atomic E-state index is -0.616. The number of halogens is 1. The molecular weight excluding hydrogens is 203 g/mol. The SMILES string of the molecule is O=CC1Cc2cc(F)ccc2SC1=O. The largest absolute Gasteiger partial charge is 0.303 e. The second kappa shape index (κ2) is 3.53. The highest BCUT2D eigenvalue weighted by Gasteiger charge is 2.26. The molecule has 1 aromatic carbocycles. The van der Waals surface area contributed by atoms with Crippen LogP contribution < -0.4 is 0 Å². The Kier molecular flexibility index (Phi) is 2.37. The molecule has 0 saturated heterocycles. The second-order valence-electron chi connectivity index (χ2n) is 3.12. The summed E-state index contributed by atoms with van der Waals surface area (Å²) in [6, 6.07) is 4.28. The molecule has 0 fully saturated rings. The summed E-state index contributed by atoms with van der Waals surface area (Å²) in [4.78, 5) is 22.6. The van der Waals surface area contributed by atoms with Crippen LogP contribution in [-0.4, -0.2) is 11.4 Å². The van der Waals surface area contributed by atoms with Gasteiger partial charge >= 0.3 is 0 Å². The van der Waals surface area contributed by atoms with Gasteiger partial charge in [-0.1, -0.05) is 11.8 Å². The molecule has 0 aliphatic carbocycles. The first kappa shape index (κ1) is 9.40. The third-order valence-electron chi connectivity index (χ3n) is 2.14. The molecule has 1 aliphatic heterocycles. The first-order valence-corrected chi connectivity index (χ1v) is 4.98. The van der Waals surface area contributed by atoms with E-state index in [1.807, 2.05) is 0 Å². The summed E-state index contributed by atoms with van der Waals surface area (Å²) in [6.07, 6.45) is 0.950. The van der Waals surface area contributed by atoms with Gasteiger partial charge in [-0.2, -0.15) is 0 Å². The average Bonchev–Trinajstić information content (AvgIpc) is 2.17. The molecule has 1 aromatic rings. The van der Waals surface area contributed by atoms with Crippen LogP contribution in [0.3, 0.4) is 0 Å². The lowest BCUT2D eigenvalue weighted by molar-refractivity contribution is -0.121. The standard InChI is InChI=1S/C10H7FO2S/c11-8-1-2-9-6(4-8)3-7(5-12)10(13)14-9/h1-2,4-5,7H,3H2. The Balaban J connectivity index is 2.40.